The molecule has 0 aliphatic rings. The van der Waals surface area contributed by atoms with Crippen molar-refractivity contribution in [3.8, 4) is 5.92 Å². The Kier molecular flexibility index (Phi) is 6.41. The van der Waals surface area contributed by atoms with E-state index in [9.17, 15) is 0 Å². The Balaban J connectivity index is 0. The standard InChI is InChI=1S/C10H19OSi.Li/c1-8-9(2)11-12(6,7)10(3,4)5;/h9H,2-7H3;/q-1;+1/t9-;/m0./s1. The number of hydrogen-bond donors (Lipinski definition) is 0. The molecule has 3 heteroatoms. The van der Waals surface area contributed by atoms with E-state index in [4.69, 9.17) is 10.8 Å². The molecule has 0 bridgehead atoms. The van der Waals surface area contributed by atoms with E-state index in [0.29, 0.717) is 0 Å². The molecule has 0 heterocycles. The topological polar surface area (TPSA) is 9.23 Å². The van der Waals surface area contributed by atoms with E-state index in [1.165, 1.54) is 0 Å². The van der Waals surface area contributed by atoms with Crippen molar-refractivity contribution in [1.29, 1.82) is 0 Å². The van der Waals surface area contributed by atoms with Gasteiger partial charge in [0.2, 0.25) is 0 Å². The molecule has 1 atom stereocenters. The van der Waals surface area contributed by atoms with Crippen LogP contribution in [0.3, 0.4) is 0 Å². The summed E-state index contributed by atoms with van der Waals surface area (Å²) < 4.78 is 5.79. The number of rotatable bonds is 2. The predicted octanol–water partition coefficient (Wildman–Crippen LogP) is -0.00951. The van der Waals surface area contributed by atoms with Gasteiger partial charge in [0.1, 0.15) is 0 Å². The quantitative estimate of drug-likeness (QED) is 0.338. The third kappa shape index (κ3) is 4.94. The van der Waals surface area contributed by atoms with Gasteiger partial charge in [-0.05, 0) is 25.1 Å². The van der Waals surface area contributed by atoms with Crippen LogP contribution in [0.2, 0.25) is 18.1 Å². The summed E-state index contributed by atoms with van der Waals surface area (Å²) in [5.74, 6) is 2.36. The molecule has 0 radical (unpaired) electrons. The van der Waals surface area contributed by atoms with Crippen LogP contribution in [0.25, 0.3) is 0 Å². The molecule has 0 fully saturated rings. The Labute approximate surface area is 95.9 Å². The van der Waals surface area contributed by atoms with Crippen molar-refractivity contribution < 1.29 is 23.3 Å². The second-order valence-corrected chi connectivity index (χ2v) is 9.42. The van der Waals surface area contributed by atoms with Gasteiger partial charge in [0.05, 0.1) is 6.10 Å². The van der Waals surface area contributed by atoms with Crippen molar-refractivity contribution in [2.45, 2.75) is 51.9 Å². The zero-order chi connectivity index (χ0) is 9.99. The Morgan fingerprint density at radius 2 is 1.69 bits per heavy atom. The average molecular weight is 190 g/mol. The van der Waals surface area contributed by atoms with E-state index >= 15 is 0 Å². The molecule has 0 spiro atoms. The van der Waals surface area contributed by atoms with Crippen LogP contribution in [0.1, 0.15) is 27.7 Å². The zero-order valence-corrected chi connectivity index (χ0v) is 11.0. The zero-order valence-electron chi connectivity index (χ0n) is 9.99. The Morgan fingerprint density at radius 3 is 1.92 bits per heavy atom. The van der Waals surface area contributed by atoms with Gasteiger partial charge in [-0.3, -0.25) is 0 Å². The summed E-state index contributed by atoms with van der Waals surface area (Å²) in [6.45, 7) is 12.8. The normalized spacial score (nSPS) is 14.2. The molecule has 0 N–H and O–H groups in total. The second kappa shape index (κ2) is 5.27. The summed E-state index contributed by atoms with van der Waals surface area (Å²) >= 11 is 0. The molecule has 0 aromatic rings. The van der Waals surface area contributed by atoms with Crippen molar-refractivity contribution in [2.75, 3.05) is 0 Å². The molecule has 1 nitrogen and oxygen atoms in total. The first-order valence-electron chi connectivity index (χ1n) is 4.31. The van der Waals surface area contributed by atoms with E-state index in [-0.39, 0.29) is 30.0 Å². The third-order valence-corrected chi connectivity index (χ3v) is 7.04. The van der Waals surface area contributed by atoms with E-state index in [1.807, 2.05) is 6.92 Å². The van der Waals surface area contributed by atoms with Gasteiger partial charge >= 0.3 is 18.9 Å². The molecular weight excluding hydrogens is 171 g/mol. The van der Waals surface area contributed by atoms with Crippen LogP contribution in [0.4, 0.5) is 0 Å². The van der Waals surface area contributed by atoms with Crippen molar-refractivity contribution in [3.63, 3.8) is 0 Å². The van der Waals surface area contributed by atoms with Crippen LogP contribution in [0.5, 0.6) is 0 Å². The molecule has 0 aromatic heterocycles. The van der Waals surface area contributed by atoms with Gasteiger partial charge in [0.25, 0.3) is 0 Å². The van der Waals surface area contributed by atoms with Crippen LogP contribution in [0, 0.1) is 12.3 Å². The van der Waals surface area contributed by atoms with Crippen LogP contribution in [-0.2, 0) is 4.43 Å². The van der Waals surface area contributed by atoms with Gasteiger partial charge in [-0.2, -0.15) is 0 Å². The van der Waals surface area contributed by atoms with Gasteiger partial charge in [-0.25, -0.2) is 0 Å². The molecule has 0 aliphatic carbocycles. The summed E-state index contributed by atoms with van der Waals surface area (Å²) in [5, 5.41) is 0.220. The van der Waals surface area contributed by atoms with Crippen LogP contribution in [0.15, 0.2) is 0 Å². The van der Waals surface area contributed by atoms with Crippen LogP contribution in [-0.4, -0.2) is 14.4 Å². The Bertz CT molecular complexity index is 188. The van der Waals surface area contributed by atoms with Crippen molar-refractivity contribution in [2.24, 2.45) is 0 Å². The summed E-state index contributed by atoms with van der Waals surface area (Å²) in [6.07, 6.45) is 6.78. The van der Waals surface area contributed by atoms with Gasteiger partial charge in [0, 0.05) is 0 Å². The first-order chi connectivity index (χ1) is 5.20. The molecule has 0 aromatic carbocycles. The van der Waals surface area contributed by atoms with Crippen LogP contribution < -0.4 is 18.9 Å². The third-order valence-electron chi connectivity index (χ3n) is 2.48. The molecular formula is C10H19LiOSi. The summed E-state index contributed by atoms with van der Waals surface area (Å²) in [4.78, 5) is 0. The minimum absolute atomic E-state index is 0. The Morgan fingerprint density at radius 1 is 1.31 bits per heavy atom. The molecule has 13 heavy (non-hydrogen) atoms. The van der Waals surface area contributed by atoms with Gasteiger partial charge in [-0.15, -0.1) is 0 Å². The van der Waals surface area contributed by atoms with Gasteiger partial charge in [-0.1, -0.05) is 20.8 Å². The summed E-state index contributed by atoms with van der Waals surface area (Å²) in [6, 6.07) is 0. The maximum atomic E-state index is 6.94. The smallest absolute Gasteiger partial charge is 0.691 e. The van der Waals surface area contributed by atoms with E-state index in [0.717, 1.165) is 0 Å². The monoisotopic (exact) mass is 190 g/mol. The SMILES string of the molecule is [C-]#C[C@H](C)O[Si](C)(C)C(C)(C)C.[Li+]. The average Bonchev–Trinajstić information content (AvgIpc) is 1.84. The maximum absolute atomic E-state index is 6.94. The first kappa shape index (κ1) is 15.8. The van der Waals surface area contributed by atoms with E-state index < -0.39 is 8.32 Å². The molecule has 0 amide bonds. The van der Waals surface area contributed by atoms with Crippen molar-refractivity contribution in [1.82, 2.24) is 0 Å². The minimum Gasteiger partial charge on any atom is -0.691 e. The maximum Gasteiger partial charge on any atom is 1.00 e. The fraction of sp³-hybridized carbons (Fsp3) is 0.800. The predicted molar refractivity (Wildman–Crippen MR) is 54.9 cm³/mol. The van der Waals surface area contributed by atoms with Gasteiger partial charge < -0.3 is 16.8 Å². The summed E-state index contributed by atoms with van der Waals surface area (Å²) in [7, 11) is -1.67. The van der Waals surface area contributed by atoms with Crippen LogP contribution >= 0.6 is 0 Å². The van der Waals surface area contributed by atoms with E-state index in [2.05, 4.69) is 39.8 Å². The van der Waals surface area contributed by atoms with Crippen molar-refractivity contribution in [3.05, 3.63) is 6.42 Å². The molecule has 0 saturated carbocycles. The molecule has 0 rings (SSSR count). The fourth-order valence-corrected chi connectivity index (χ4v) is 1.94. The van der Waals surface area contributed by atoms with Crippen molar-refractivity contribution >= 4 is 8.32 Å². The largest absolute Gasteiger partial charge is 1.00 e. The Hall–Kier alpha value is 0.334. The number of hydrogen-bond acceptors (Lipinski definition) is 1. The molecule has 0 saturated heterocycles. The molecule has 0 unspecified atom stereocenters. The fourth-order valence-electron chi connectivity index (χ4n) is 0.648. The summed E-state index contributed by atoms with van der Waals surface area (Å²) in [5.41, 5.74) is 0. The molecule has 0 aliphatic heterocycles. The second-order valence-electron chi connectivity index (χ2n) is 4.66. The van der Waals surface area contributed by atoms with E-state index in [1.54, 1.807) is 0 Å². The minimum atomic E-state index is -1.67. The first-order valence-corrected chi connectivity index (χ1v) is 7.21. The molecule has 70 valence electrons. The van der Waals surface area contributed by atoms with Gasteiger partial charge in [0.15, 0.2) is 8.32 Å².